The summed E-state index contributed by atoms with van der Waals surface area (Å²) in [6.07, 6.45) is 5.33. The maximum atomic E-state index is 3.73. The Hall–Kier alpha value is -0.0800. The number of rotatable bonds is 6. The molecular formula is C16H34N2. The number of likely N-dealkylation sites (tertiary alicyclic amines) is 1. The Balaban J connectivity index is 2.63. The lowest BCUT2D eigenvalue weighted by Gasteiger charge is -2.43. The zero-order chi connectivity index (χ0) is 13.8. The second-order valence-corrected chi connectivity index (χ2v) is 7.56. The highest BCUT2D eigenvalue weighted by molar-refractivity contribution is 4.95. The molecule has 0 bridgehead atoms. The number of hydrogen-bond acceptors (Lipinski definition) is 2. The molecule has 1 saturated heterocycles. The van der Waals surface area contributed by atoms with Crippen molar-refractivity contribution < 1.29 is 0 Å². The molecule has 0 aliphatic carbocycles. The summed E-state index contributed by atoms with van der Waals surface area (Å²) in [5, 5.41) is 3.73. The summed E-state index contributed by atoms with van der Waals surface area (Å²) in [5.74, 6) is 0. The van der Waals surface area contributed by atoms with Crippen LogP contribution >= 0.6 is 0 Å². The molecule has 108 valence electrons. The minimum atomic E-state index is 0.289. The van der Waals surface area contributed by atoms with Crippen molar-refractivity contribution in [3.8, 4) is 0 Å². The van der Waals surface area contributed by atoms with Gasteiger partial charge in [-0.2, -0.15) is 0 Å². The minimum absolute atomic E-state index is 0.289. The van der Waals surface area contributed by atoms with Gasteiger partial charge < -0.3 is 5.32 Å². The van der Waals surface area contributed by atoms with E-state index in [9.17, 15) is 0 Å². The van der Waals surface area contributed by atoms with Gasteiger partial charge in [-0.25, -0.2) is 0 Å². The van der Waals surface area contributed by atoms with Crippen molar-refractivity contribution in [2.45, 2.75) is 78.8 Å². The Kier molecular flexibility index (Phi) is 5.67. The molecule has 1 atom stereocenters. The van der Waals surface area contributed by atoms with E-state index in [-0.39, 0.29) is 5.54 Å². The second-order valence-electron chi connectivity index (χ2n) is 7.56. The summed E-state index contributed by atoms with van der Waals surface area (Å²) < 4.78 is 0. The van der Waals surface area contributed by atoms with Gasteiger partial charge in [0.1, 0.15) is 0 Å². The molecular weight excluding hydrogens is 220 g/mol. The minimum Gasteiger partial charge on any atom is -0.312 e. The van der Waals surface area contributed by atoms with Crippen LogP contribution in [0.1, 0.15) is 67.2 Å². The molecule has 2 heteroatoms. The largest absolute Gasteiger partial charge is 0.312 e. The maximum Gasteiger partial charge on any atom is 0.0306 e. The van der Waals surface area contributed by atoms with E-state index in [1.165, 1.54) is 38.8 Å². The van der Waals surface area contributed by atoms with Gasteiger partial charge in [0.2, 0.25) is 0 Å². The van der Waals surface area contributed by atoms with Gasteiger partial charge in [-0.15, -0.1) is 0 Å². The van der Waals surface area contributed by atoms with Crippen LogP contribution in [-0.2, 0) is 0 Å². The second kappa shape index (κ2) is 6.38. The number of likely N-dealkylation sites (N-methyl/N-ethyl adjacent to an activating group) is 1. The fraction of sp³-hybridized carbons (Fsp3) is 1.00. The van der Waals surface area contributed by atoms with Crippen molar-refractivity contribution in [3.63, 3.8) is 0 Å². The van der Waals surface area contributed by atoms with E-state index in [4.69, 9.17) is 0 Å². The summed E-state index contributed by atoms with van der Waals surface area (Å²) >= 11 is 0. The smallest absolute Gasteiger partial charge is 0.0306 e. The molecule has 1 fully saturated rings. The van der Waals surface area contributed by atoms with Gasteiger partial charge in [-0.3, -0.25) is 4.90 Å². The summed E-state index contributed by atoms with van der Waals surface area (Å²) in [7, 11) is 0. The maximum absolute atomic E-state index is 3.73. The van der Waals surface area contributed by atoms with Crippen LogP contribution in [0.15, 0.2) is 0 Å². The first-order valence-corrected chi connectivity index (χ1v) is 7.76. The van der Waals surface area contributed by atoms with Gasteiger partial charge in [-0.1, -0.05) is 27.7 Å². The lowest BCUT2D eigenvalue weighted by Crippen LogP contribution is -2.57. The van der Waals surface area contributed by atoms with Crippen LogP contribution in [0.5, 0.6) is 0 Å². The Morgan fingerprint density at radius 2 is 1.61 bits per heavy atom. The fourth-order valence-electron chi connectivity index (χ4n) is 3.04. The van der Waals surface area contributed by atoms with Crippen LogP contribution in [0.4, 0.5) is 0 Å². The molecule has 0 aromatic rings. The molecule has 0 radical (unpaired) electrons. The molecule has 0 aromatic carbocycles. The van der Waals surface area contributed by atoms with Crippen LogP contribution in [0, 0.1) is 5.41 Å². The van der Waals surface area contributed by atoms with Crippen molar-refractivity contribution >= 4 is 0 Å². The van der Waals surface area contributed by atoms with E-state index in [1.807, 2.05) is 0 Å². The SMILES string of the molecule is CCNC(CCC(C)(C)C)C(C)(C)N1CCCC1. The first kappa shape index (κ1) is 16.0. The van der Waals surface area contributed by atoms with Gasteiger partial charge in [-0.05, 0) is 64.6 Å². The molecule has 2 nitrogen and oxygen atoms in total. The molecule has 1 unspecified atom stereocenters. The normalized spacial score (nSPS) is 20.3. The Labute approximate surface area is 115 Å². The molecule has 18 heavy (non-hydrogen) atoms. The summed E-state index contributed by atoms with van der Waals surface area (Å²) in [4.78, 5) is 2.68. The van der Waals surface area contributed by atoms with E-state index in [0.717, 1.165) is 6.54 Å². The van der Waals surface area contributed by atoms with E-state index in [0.29, 0.717) is 11.5 Å². The van der Waals surface area contributed by atoms with E-state index in [1.54, 1.807) is 0 Å². The Morgan fingerprint density at radius 3 is 2.06 bits per heavy atom. The summed E-state index contributed by atoms with van der Waals surface area (Å²) in [6.45, 7) is 17.8. The van der Waals surface area contributed by atoms with E-state index in [2.05, 4.69) is 51.8 Å². The predicted molar refractivity (Wildman–Crippen MR) is 81.0 cm³/mol. The van der Waals surface area contributed by atoms with Crippen LogP contribution in [0.25, 0.3) is 0 Å². The predicted octanol–water partition coefficient (Wildman–Crippen LogP) is 3.67. The highest BCUT2D eigenvalue weighted by atomic mass is 15.2. The molecule has 0 saturated carbocycles. The Bertz CT molecular complexity index is 234. The third-order valence-corrected chi connectivity index (χ3v) is 4.41. The molecule has 1 heterocycles. The lowest BCUT2D eigenvalue weighted by atomic mass is 9.82. The van der Waals surface area contributed by atoms with Gasteiger partial charge in [0.05, 0.1) is 0 Å². The van der Waals surface area contributed by atoms with Gasteiger partial charge in [0, 0.05) is 11.6 Å². The molecule has 1 aliphatic rings. The van der Waals surface area contributed by atoms with Crippen molar-refractivity contribution in [2.24, 2.45) is 5.41 Å². The molecule has 1 rings (SSSR count). The van der Waals surface area contributed by atoms with Gasteiger partial charge in [0.25, 0.3) is 0 Å². The number of hydrogen-bond donors (Lipinski definition) is 1. The van der Waals surface area contributed by atoms with Crippen molar-refractivity contribution in [2.75, 3.05) is 19.6 Å². The lowest BCUT2D eigenvalue weighted by molar-refractivity contribution is 0.0967. The molecule has 0 amide bonds. The first-order chi connectivity index (χ1) is 8.27. The monoisotopic (exact) mass is 254 g/mol. The average Bonchev–Trinajstić information content (AvgIpc) is 2.76. The summed E-state index contributed by atoms with van der Waals surface area (Å²) in [6, 6.07) is 0.611. The molecule has 0 aromatic heterocycles. The average molecular weight is 254 g/mol. The van der Waals surface area contributed by atoms with Crippen LogP contribution in [0.2, 0.25) is 0 Å². The Morgan fingerprint density at radius 1 is 1.06 bits per heavy atom. The van der Waals surface area contributed by atoms with Crippen LogP contribution < -0.4 is 5.32 Å². The van der Waals surface area contributed by atoms with Crippen LogP contribution in [-0.4, -0.2) is 36.1 Å². The summed E-state index contributed by atoms with van der Waals surface area (Å²) in [5.41, 5.74) is 0.729. The molecule has 1 aliphatic heterocycles. The van der Waals surface area contributed by atoms with Gasteiger partial charge >= 0.3 is 0 Å². The standard InChI is InChI=1S/C16H34N2/c1-7-17-14(10-11-15(2,3)4)16(5,6)18-12-8-9-13-18/h14,17H,7-13H2,1-6H3. The zero-order valence-corrected chi connectivity index (χ0v) is 13.5. The quantitative estimate of drug-likeness (QED) is 0.778. The highest BCUT2D eigenvalue weighted by Crippen LogP contribution is 2.30. The van der Waals surface area contributed by atoms with Crippen molar-refractivity contribution in [1.82, 2.24) is 10.2 Å². The fourth-order valence-corrected chi connectivity index (χ4v) is 3.04. The highest BCUT2D eigenvalue weighted by Gasteiger charge is 2.36. The topological polar surface area (TPSA) is 15.3 Å². The van der Waals surface area contributed by atoms with Gasteiger partial charge in [0.15, 0.2) is 0 Å². The van der Waals surface area contributed by atoms with Crippen molar-refractivity contribution in [3.05, 3.63) is 0 Å². The molecule has 1 N–H and O–H groups in total. The van der Waals surface area contributed by atoms with Crippen LogP contribution in [0.3, 0.4) is 0 Å². The molecule has 0 spiro atoms. The first-order valence-electron chi connectivity index (χ1n) is 7.76. The van der Waals surface area contributed by atoms with Crippen molar-refractivity contribution in [1.29, 1.82) is 0 Å². The van der Waals surface area contributed by atoms with E-state index >= 15 is 0 Å². The number of nitrogens with zero attached hydrogens (tertiary/aromatic N) is 1. The third-order valence-electron chi connectivity index (χ3n) is 4.41. The number of nitrogens with one attached hydrogen (secondary N) is 1. The third kappa shape index (κ3) is 4.55. The van der Waals surface area contributed by atoms with E-state index < -0.39 is 0 Å². The zero-order valence-electron chi connectivity index (χ0n) is 13.5.